The van der Waals surface area contributed by atoms with Crippen molar-refractivity contribution in [2.75, 3.05) is 7.05 Å². The minimum Gasteiger partial charge on any atom is -0.545 e. The highest BCUT2D eigenvalue weighted by Crippen LogP contribution is 2.03. The Morgan fingerprint density at radius 3 is 2.05 bits per heavy atom. The van der Waals surface area contributed by atoms with E-state index >= 15 is 0 Å². The molecule has 3 heteroatoms. The van der Waals surface area contributed by atoms with Gasteiger partial charge in [0.05, 0.1) is 13.0 Å². The number of quaternary nitrogens is 1. The second-order valence-corrected chi connectivity index (χ2v) is 4.44. The topological polar surface area (TPSA) is 56.7 Å². The van der Waals surface area contributed by atoms with Gasteiger partial charge in [-0.25, -0.2) is 0 Å². The van der Waals surface area contributed by atoms with Crippen molar-refractivity contribution in [2.45, 2.75) is 19.9 Å². The van der Waals surface area contributed by atoms with E-state index in [1.807, 2.05) is 13.0 Å². The lowest BCUT2D eigenvalue weighted by Crippen LogP contribution is -2.77. The number of rotatable bonds is 4. The molecule has 2 aromatic rings. The van der Waals surface area contributed by atoms with Crippen LogP contribution in [0.3, 0.4) is 0 Å². The number of aromatic carboxylic acids is 1. The summed E-state index contributed by atoms with van der Waals surface area (Å²) < 4.78 is 0. The largest absolute Gasteiger partial charge is 0.545 e. The van der Waals surface area contributed by atoms with Crippen LogP contribution < -0.4 is 10.4 Å². The second-order valence-electron chi connectivity index (χ2n) is 4.44. The summed E-state index contributed by atoms with van der Waals surface area (Å²) in [6.45, 7) is 3.11. The number of hydrogen-bond acceptors (Lipinski definition) is 2. The quantitative estimate of drug-likeness (QED) is 0.901. The fraction of sp³-hybridized carbons (Fsp3) is 0.235. The molecule has 0 amide bonds. The molecule has 3 nitrogen and oxygen atoms in total. The van der Waals surface area contributed by atoms with Gasteiger partial charge in [0.1, 0.15) is 6.54 Å². The molecule has 0 atom stereocenters. The van der Waals surface area contributed by atoms with E-state index < -0.39 is 5.97 Å². The molecule has 0 aromatic heterocycles. The smallest absolute Gasteiger partial charge is 0.101 e. The van der Waals surface area contributed by atoms with Crippen molar-refractivity contribution in [1.29, 1.82) is 0 Å². The third-order valence-corrected chi connectivity index (χ3v) is 2.88. The molecule has 0 saturated carbocycles. The minimum atomic E-state index is -1.12. The number of carbonyl (C=O) groups is 1. The van der Waals surface area contributed by atoms with E-state index in [1.54, 1.807) is 24.3 Å². The monoisotopic (exact) mass is 271 g/mol. The number of carboxylic acids is 1. The fourth-order valence-electron chi connectivity index (χ4n) is 1.73. The Hall–Kier alpha value is -2.13. The van der Waals surface area contributed by atoms with Crippen molar-refractivity contribution in [1.82, 2.24) is 0 Å². The van der Waals surface area contributed by atoms with Crippen LogP contribution in [0, 0.1) is 0 Å². The molecule has 0 bridgehead atoms. The normalized spacial score (nSPS) is 9.50. The Bertz CT molecular complexity index is 506. The fourth-order valence-corrected chi connectivity index (χ4v) is 1.73. The van der Waals surface area contributed by atoms with Crippen LogP contribution in [-0.2, 0) is 13.0 Å². The summed E-state index contributed by atoms with van der Waals surface area (Å²) in [5, 5.41) is 12.5. The molecule has 0 saturated heterocycles. The van der Waals surface area contributed by atoms with Gasteiger partial charge in [0.15, 0.2) is 0 Å². The van der Waals surface area contributed by atoms with E-state index in [2.05, 4.69) is 36.6 Å². The molecule has 106 valence electrons. The standard InChI is InChI=1S/C9H10O2.C8H11N/c1-2-7-3-5-8(6-4-7)9(10)11;1-9-7-8-5-3-2-4-6-8/h3-6H,2H2,1H3,(H,10,11);2-6,9H,7H2,1H3. The molecule has 0 heterocycles. The van der Waals surface area contributed by atoms with Crippen molar-refractivity contribution in [2.24, 2.45) is 0 Å². The van der Waals surface area contributed by atoms with E-state index in [4.69, 9.17) is 0 Å². The van der Waals surface area contributed by atoms with E-state index in [0.29, 0.717) is 0 Å². The molecule has 0 unspecified atom stereocenters. The third kappa shape index (κ3) is 5.67. The van der Waals surface area contributed by atoms with E-state index in [-0.39, 0.29) is 5.56 Å². The van der Waals surface area contributed by atoms with Gasteiger partial charge >= 0.3 is 0 Å². The van der Waals surface area contributed by atoms with Crippen LogP contribution in [0.1, 0.15) is 28.4 Å². The Balaban J connectivity index is 0.000000204. The zero-order valence-electron chi connectivity index (χ0n) is 12.0. The Morgan fingerprint density at radius 2 is 1.60 bits per heavy atom. The van der Waals surface area contributed by atoms with Crippen molar-refractivity contribution in [3.63, 3.8) is 0 Å². The maximum atomic E-state index is 10.3. The molecular formula is C17H21NO2. The number of carbonyl (C=O) groups excluding carboxylic acids is 1. The lowest BCUT2D eigenvalue weighted by molar-refractivity contribution is -0.643. The van der Waals surface area contributed by atoms with Gasteiger partial charge in [-0.1, -0.05) is 61.5 Å². The minimum absolute atomic E-state index is 0.238. The molecule has 0 radical (unpaired) electrons. The lowest BCUT2D eigenvalue weighted by atomic mass is 10.1. The molecular weight excluding hydrogens is 250 g/mol. The first-order valence-electron chi connectivity index (χ1n) is 6.79. The first-order chi connectivity index (χ1) is 9.67. The van der Waals surface area contributed by atoms with Gasteiger partial charge < -0.3 is 15.2 Å². The van der Waals surface area contributed by atoms with Crippen LogP contribution in [-0.4, -0.2) is 13.0 Å². The second kappa shape index (κ2) is 8.88. The molecule has 2 rings (SSSR count). The number of carboxylic acid groups (broad SMARTS) is 1. The summed E-state index contributed by atoms with van der Waals surface area (Å²) in [5.41, 5.74) is 2.76. The Labute approximate surface area is 120 Å². The summed E-state index contributed by atoms with van der Waals surface area (Å²) in [6, 6.07) is 17.2. The van der Waals surface area contributed by atoms with Crippen molar-refractivity contribution >= 4 is 5.97 Å². The molecule has 0 aliphatic rings. The summed E-state index contributed by atoms with van der Waals surface area (Å²) in [5.74, 6) is -1.12. The van der Waals surface area contributed by atoms with Gasteiger partial charge in [0, 0.05) is 5.56 Å². The maximum Gasteiger partial charge on any atom is 0.101 e. The molecule has 0 aliphatic heterocycles. The van der Waals surface area contributed by atoms with E-state index in [1.165, 1.54) is 5.56 Å². The average molecular weight is 271 g/mol. The molecule has 0 aliphatic carbocycles. The molecule has 2 N–H and O–H groups in total. The van der Waals surface area contributed by atoms with Gasteiger partial charge in [-0.15, -0.1) is 0 Å². The van der Waals surface area contributed by atoms with Gasteiger partial charge in [0.25, 0.3) is 0 Å². The van der Waals surface area contributed by atoms with E-state index in [9.17, 15) is 9.90 Å². The van der Waals surface area contributed by atoms with Crippen LogP contribution in [0.5, 0.6) is 0 Å². The van der Waals surface area contributed by atoms with Crippen LogP contribution in [0.25, 0.3) is 0 Å². The molecule has 0 fully saturated rings. The first-order valence-corrected chi connectivity index (χ1v) is 6.79. The van der Waals surface area contributed by atoms with E-state index in [0.717, 1.165) is 18.5 Å². The summed E-state index contributed by atoms with van der Waals surface area (Å²) in [6.07, 6.45) is 0.924. The first kappa shape index (κ1) is 15.9. The van der Waals surface area contributed by atoms with Crippen molar-refractivity contribution in [3.8, 4) is 0 Å². The maximum absolute atomic E-state index is 10.3. The Kier molecular flexibility index (Phi) is 7.07. The highest BCUT2D eigenvalue weighted by Gasteiger charge is 1.91. The van der Waals surface area contributed by atoms with Crippen LogP contribution in [0.2, 0.25) is 0 Å². The predicted molar refractivity (Wildman–Crippen MR) is 78.1 cm³/mol. The predicted octanol–water partition coefficient (Wildman–Crippen LogP) is 0.992. The van der Waals surface area contributed by atoms with Crippen molar-refractivity contribution in [3.05, 3.63) is 71.3 Å². The zero-order chi connectivity index (χ0) is 14.8. The van der Waals surface area contributed by atoms with Gasteiger partial charge in [0.2, 0.25) is 0 Å². The zero-order valence-corrected chi connectivity index (χ0v) is 12.0. The lowest BCUT2D eigenvalue weighted by Gasteiger charge is -2.01. The van der Waals surface area contributed by atoms with Gasteiger partial charge in [-0.2, -0.15) is 0 Å². The number of benzene rings is 2. The molecule has 0 spiro atoms. The molecule has 20 heavy (non-hydrogen) atoms. The highest BCUT2D eigenvalue weighted by atomic mass is 16.4. The average Bonchev–Trinajstić information content (AvgIpc) is 2.49. The summed E-state index contributed by atoms with van der Waals surface area (Å²) in [4.78, 5) is 10.3. The SMILES string of the molecule is CCc1ccc(C(=O)[O-])cc1.C[NH2+]Cc1ccccc1. The van der Waals surface area contributed by atoms with Crippen molar-refractivity contribution < 1.29 is 15.2 Å². The van der Waals surface area contributed by atoms with Gasteiger partial charge in [-0.05, 0) is 17.5 Å². The Morgan fingerprint density at radius 1 is 1.00 bits per heavy atom. The number of nitrogens with two attached hydrogens (primary N) is 1. The summed E-state index contributed by atoms with van der Waals surface area (Å²) in [7, 11) is 2.08. The highest BCUT2D eigenvalue weighted by molar-refractivity contribution is 5.85. The van der Waals surface area contributed by atoms with Gasteiger partial charge in [-0.3, -0.25) is 0 Å². The van der Waals surface area contributed by atoms with Crippen LogP contribution in [0.15, 0.2) is 54.6 Å². The molecule has 2 aromatic carbocycles. The van der Waals surface area contributed by atoms with Crippen LogP contribution in [0.4, 0.5) is 0 Å². The summed E-state index contributed by atoms with van der Waals surface area (Å²) >= 11 is 0. The number of aryl methyl sites for hydroxylation is 1. The van der Waals surface area contributed by atoms with Crippen LogP contribution >= 0.6 is 0 Å². The number of hydrogen-bond donors (Lipinski definition) is 1. The third-order valence-electron chi connectivity index (χ3n) is 2.88.